The molecule has 0 amide bonds. The molecule has 1 heterocycles. The van der Waals surface area contributed by atoms with Crippen molar-refractivity contribution in [2.24, 2.45) is 0 Å². The monoisotopic (exact) mass is 189 g/mol. The van der Waals surface area contributed by atoms with Crippen LogP contribution in [0.5, 0.6) is 5.75 Å². The smallest absolute Gasteiger partial charge is 0.142 e. The van der Waals surface area contributed by atoms with Crippen molar-refractivity contribution in [2.75, 3.05) is 12.8 Å². The Morgan fingerprint density at radius 3 is 2.86 bits per heavy atom. The van der Waals surface area contributed by atoms with Gasteiger partial charge in [-0.2, -0.15) is 5.10 Å². The molecule has 14 heavy (non-hydrogen) atoms. The van der Waals surface area contributed by atoms with Crippen LogP contribution in [0.4, 0.5) is 5.69 Å². The van der Waals surface area contributed by atoms with E-state index < -0.39 is 0 Å². The number of rotatable bonds is 2. The van der Waals surface area contributed by atoms with Gasteiger partial charge in [0.1, 0.15) is 5.75 Å². The Labute approximate surface area is 81.7 Å². The standard InChI is InChI=1S/C10H11N3O/c1-14-10-4-7(2-3-9(10)11)8-5-12-13-6-8/h2-6H,11H2,1H3,(H,12,13). The predicted molar refractivity (Wildman–Crippen MR) is 55.0 cm³/mol. The third-order valence-corrected chi connectivity index (χ3v) is 2.07. The molecule has 0 saturated heterocycles. The normalized spacial score (nSPS) is 10.1. The van der Waals surface area contributed by atoms with Gasteiger partial charge in [-0.25, -0.2) is 0 Å². The van der Waals surface area contributed by atoms with E-state index in [1.807, 2.05) is 24.4 Å². The zero-order chi connectivity index (χ0) is 9.97. The fraction of sp³-hybridized carbons (Fsp3) is 0.100. The highest BCUT2D eigenvalue weighted by Gasteiger charge is 2.03. The molecule has 4 nitrogen and oxygen atoms in total. The number of nitrogens with zero attached hydrogens (tertiary/aromatic N) is 1. The number of benzene rings is 1. The Bertz CT molecular complexity index is 423. The van der Waals surface area contributed by atoms with Crippen LogP contribution in [-0.2, 0) is 0 Å². The van der Waals surface area contributed by atoms with Crippen LogP contribution in [-0.4, -0.2) is 17.3 Å². The highest BCUT2D eigenvalue weighted by molar-refractivity contribution is 5.68. The molecule has 0 radical (unpaired) electrons. The molecule has 0 spiro atoms. The third-order valence-electron chi connectivity index (χ3n) is 2.07. The second-order valence-corrected chi connectivity index (χ2v) is 2.94. The lowest BCUT2D eigenvalue weighted by molar-refractivity contribution is 0.417. The van der Waals surface area contributed by atoms with Crippen LogP contribution in [0, 0.1) is 0 Å². The van der Waals surface area contributed by atoms with Crippen LogP contribution >= 0.6 is 0 Å². The van der Waals surface area contributed by atoms with Gasteiger partial charge in [-0.05, 0) is 17.7 Å². The average Bonchev–Trinajstić information content (AvgIpc) is 2.71. The van der Waals surface area contributed by atoms with Crippen molar-refractivity contribution in [3.63, 3.8) is 0 Å². The van der Waals surface area contributed by atoms with Gasteiger partial charge >= 0.3 is 0 Å². The molecule has 0 aliphatic heterocycles. The Morgan fingerprint density at radius 2 is 2.21 bits per heavy atom. The number of anilines is 1. The molecule has 2 rings (SSSR count). The summed E-state index contributed by atoms with van der Waals surface area (Å²) in [5.74, 6) is 0.684. The Hall–Kier alpha value is -1.97. The first-order chi connectivity index (χ1) is 6.81. The minimum Gasteiger partial charge on any atom is -0.495 e. The summed E-state index contributed by atoms with van der Waals surface area (Å²) >= 11 is 0. The zero-order valence-electron chi connectivity index (χ0n) is 7.82. The number of H-pyrrole nitrogens is 1. The van der Waals surface area contributed by atoms with Crippen LogP contribution in [0.1, 0.15) is 0 Å². The van der Waals surface area contributed by atoms with Gasteiger partial charge in [0.15, 0.2) is 0 Å². The number of hydrogen-bond donors (Lipinski definition) is 2. The van der Waals surface area contributed by atoms with Crippen LogP contribution < -0.4 is 10.5 Å². The minimum absolute atomic E-state index is 0.639. The number of aromatic amines is 1. The molecule has 1 aromatic carbocycles. The molecule has 2 aromatic rings. The van der Waals surface area contributed by atoms with Gasteiger partial charge in [0.25, 0.3) is 0 Å². The lowest BCUT2D eigenvalue weighted by Gasteiger charge is -2.05. The maximum Gasteiger partial charge on any atom is 0.142 e. The molecule has 0 aliphatic carbocycles. The maximum absolute atomic E-state index is 5.70. The van der Waals surface area contributed by atoms with Crippen molar-refractivity contribution in [2.45, 2.75) is 0 Å². The van der Waals surface area contributed by atoms with E-state index in [1.54, 1.807) is 13.3 Å². The summed E-state index contributed by atoms with van der Waals surface area (Å²) in [4.78, 5) is 0. The molecule has 0 atom stereocenters. The van der Waals surface area contributed by atoms with Crippen molar-refractivity contribution in [3.05, 3.63) is 30.6 Å². The highest BCUT2D eigenvalue weighted by Crippen LogP contribution is 2.27. The number of aromatic nitrogens is 2. The fourth-order valence-electron chi connectivity index (χ4n) is 1.30. The van der Waals surface area contributed by atoms with Crippen molar-refractivity contribution >= 4 is 5.69 Å². The summed E-state index contributed by atoms with van der Waals surface area (Å²) in [5, 5.41) is 6.64. The summed E-state index contributed by atoms with van der Waals surface area (Å²) in [7, 11) is 1.60. The molecule has 72 valence electrons. The van der Waals surface area contributed by atoms with Crippen LogP contribution in [0.25, 0.3) is 11.1 Å². The molecule has 0 saturated carbocycles. The fourth-order valence-corrected chi connectivity index (χ4v) is 1.30. The van der Waals surface area contributed by atoms with E-state index in [2.05, 4.69) is 10.2 Å². The first kappa shape index (κ1) is 8.62. The van der Waals surface area contributed by atoms with Crippen molar-refractivity contribution < 1.29 is 4.74 Å². The number of ether oxygens (including phenoxy) is 1. The molecule has 3 N–H and O–H groups in total. The molecular weight excluding hydrogens is 178 g/mol. The van der Waals surface area contributed by atoms with Crippen LogP contribution in [0.2, 0.25) is 0 Å². The molecule has 0 bridgehead atoms. The van der Waals surface area contributed by atoms with Gasteiger partial charge in [0.2, 0.25) is 0 Å². The first-order valence-electron chi connectivity index (χ1n) is 4.24. The highest BCUT2D eigenvalue weighted by atomic mass is 16.5. The van der Waals surface area contributed by atoms with Gasteiger partial charge in [-0.1, -0.05) is 6.07 Å². The van der Waals surface area contributed by atoms with Crippen molar-refractivity contribution in [1.82, 2.24) is 10.2 Å². The predicted octanol–water partition coefficient (Wildman–Crippen LogP) is 1.67. The molecule has 1 aromatic heterocycles. The number of methoxy groups -OCH3 is 1. The van der Waals surface area contributed by atoms with E-state index in [9.17, 15) is 0 Å². The van der Waals surface area contributed by atoms with E-state index in [4.69, 9.17) is 10.5 Å². The average molecular weight is 189 g/mol. The van der Waals surface area contributed by atoms with Gasteiger partial charge in [-0.15, -0.1) is 0 Å². The van der Waals surface area contributed by atoms with Gasteiger partial charge in [0.05, 0.1) is 19.0 Å². The van der Waals surface area contributed by atoms with E-state index in [1.165, 1.54) is 0 Å². The Morgan fingerprint density at radius 1 is 1.36 bits per heavy atom. The second kappa shape index (κ2) is 3.41. The van der Waals surface area contributed by atoms with E-state index >= 15 is 0 Å². The quantitative estimate of drug-likeness (QED) is 0.706. The Kier molecular flexibility index (Phi) is 2.10. The van der Waals surface area contributed by atoms with Crippen molar-refractivity contribution in [3.8, 4) is 16.9 Å². The van der Waals surface area contributed by atoms with Crippen LogP contribution in [0.15, 0.2) is 30.6 Å². The van der Waals surface area contributed by atoms with Crippen LogP contribution in [0.3, 0.4) is 0 Å². The third kappa shape index (κ3) is 1.42. The van der Waals surface area contributed by atoms with Crippen molar-refractivity contribution in [1.29, 1.82) is 0 Å². The number of nitrogens with one attached hydrogen (secondary N) is 1. The van der Waals surface area contributed by atoms with Gasteiger partial charge < -0.3 is 10.5 Å². The van der Waals surface area contributed by atoms with E-state index in [-0.39, 0.29) is 0 Å². The molecule has 4 heteroatoms. The number of nitrogens with two attached hydrogens (primary N) is 1. The zero-order valence-corrected chi connectivity index (χ0v) is 7.82. The maximum atomic E-state index is 5.70. The lowest BCUT2D eigenvalue weighted by Crippen LogP contribution is -1.91. The van der Waals surface area contributed by atoms with E-state index in [0.29, 0.717) is 11.4 Å². The number of nitrogen functional groups attached to an aromatic ring is 1. The van der Waals surface area contributed by atoms with E-state index in [0.717, 1.165) is 11.1 Å². The summed E-state index contributed by atoms with van der Waals surface area (Å²) < 4.78 is 5.13. The minimum atomic E-state index is 0.639. The molecular formula is C10H11N3O. The second-order valence-electron chi connectivity index (χ2n) is 2.94. The summed E-state index contributed by atoms with van der Waals surface area (Å²) in [6.45, 7) is 0. The summed E-state index contributed by atoms with van der Waals surface area (Å²) in [6, 6.07) is 5.64. The lowest BCUT2D eigenvalue weighted by atomic mass is 10.1. The van der Waals surface area contributed by atoms with Gasteiger partial charge in [0, 0.05) is 11.8 Å². The number of hydrogen-bond acceptors (Lipinski definition) is 3. The molecule has 0 unspecified atom stereocenters. The largest absolute Gasteiger partial charge is 0.495 e. The molecule has 0 aliphatic rings. The SMILES string of the molecule is COc1cc(-c2cn[nH]c2)ccc1N. The Balaban J connectivity index is 2.46. The first-order valence-corrected chi connectivity index (χ1v) is 4.24. The van der Waals surface area contributed by atoms with Gasteiger partial charge in [-0.3, -0.25) is 5.10 Å². The summed E-state index contributed by atoms with van der Waals surface area (Å²) in [6.07, 6.45) is 3.58. The summed E-state index contributed by atoms with van der Waals surface area (Å²) in [5.41, 5.74) is 8.39. The molecule has 0 fully saturated rings. The topological polar surface area (TPSA) is 63.9 Å².